The van der Waals surface area contributed by atoms with E-state index in [-0.39, 0.29) is 40.7 Å². The summed E-state index contributed by atoms with van der Waals surface area (Å²) >= 11 is 0. The first kappa shape index (κ1) is 36.5. The molecule has 11 heteroatoms. The summed E-state index contributed by atoms with van der Waals surface area (Å²) in [5.41, 5.74) is 5.90. The van der Waals surface area contributed by atoms with Gasteiger partial charge in [-0.2, -0.15) is 0 Å². The van der Waals surface area contributed by atoms with Crippen molar-refractivity contribution in [1.29, 1.82) is 0 Å². The monoisotopic (exact) mass is 755 g/mol. The van der Waals surface area contributed by atoms with E-state index in [2.05, 4.69) is 45.0 Å². The first-order valence-electron chi connectivity index (χ1n) is 20.7. The summed E-state index contributed by atoms with van der Waals surface area (Å²) in [5, 5.41) is 2.75. The van der Waals surface area contributed by atoms with E-state index in [1.54, 1.807) is 0 Å². The molecule has 2 aromatic heterocycles. The number of nitrogens with zero attached hydrogens (tertiary/aromatic N) is 4. The molecule has 5 fully saturated rings. The van der Waals surface area contributed by atoms with Gasteiger partial charge < -0.3 is 29.8 Å². The van der Waals surface area contributed by atoms with Gasteiger partial charge in [0.15, 0.2) is 0 Å². The van der Waals surface area contributed by atoms with Crippen molar-refractivity contribution in [3.8, 4) is 23.1 Å². The quantitative estimate of drug-likeness (QED) is 0.158. The van der Waals surface area contributed by atoms with Crippen molar-refractivity contribution < 1.29 is 19.1 Å². The Hall–Kier alpha value is -5.11. The van der Waals surface area contributed by atoms with Crippen LogP contribution in [0, 0.1) is 40.4 Å². The van der Waals surface area contributed by atoms with Crippen LogP contribution in [0.15, 0.2) is 48.7 Å². The van der Waals surface area contributed by atoms with Gasteiger partial charge in [-0.1, -0.05) is 57.6 Å². The fraction of sp³-hybridized carbons (Fsp3) is 0.533. The van der Waals surface area contributed by atoms with Crippen LogP contribution in [-0.4, -0.2) is 73.9 Å². The molecule has 3 aliphatic carbocycles. The van der Waals surface area contributed by atoms with Crippen molar-refractivity contribution in [1.82, 2.24) is 35.1 Å². The highest BCUT2D eigenvalue weighted by Gasteiger charge is 2.56. The van der Waals surface area contributed by atoms with E-state index in [1.165, 1.54) is 45.6 Å². The zero-order chi connectivity index (χ0) is 38.8. The number of rotatable bonds is 8. The number of aromatic nitrogens is 4. The number of ether oxygens (including phenoxy) is 1. The largest absolute Gasteiger partial charge is 0.453 e. The molecule has 2 aliphatic heterocycles. The van der Waals surface area contributed by atoms with Gasteiger partial charge in [0.25, 0.3) is 0 Å². The molecule has 2 aromatic carbocycles. The Bertz CT molecular complexity index is 2210. The van der Waals surface area contributed by atoms with Crippen LogP contribution in [0.3, 0.4) is 0 Å². The smallest absolute Gasteiger partial charge is 0.407 e. The molecule has 292 valence electrons. The molecule has 5 aliphatic rings. The third-order valence-electron chi connectivity index (χ3n) is 13.7. The van der Waals surface area contributed by atoms with Gasteiger partial charge >= 0.3 is 6.09 Å². The summed E-state index contributed by atoms with van der Waals surface area (Å²) in [6, 6.07) is 13.3. The zero-order valence-electron chi connectivity index (χ0n) is 33.0. The number of likely N-dealkylation sites (tertiary alicyclic amines) is 2. The van der Waals surface area contributed by atoms with Gasteiger partial charge in [-0.15, -0.1) is 0 Å². The molecular weight excluding hydrogens is 703 g/mol. The number of carbonyl (C=O) groups excluding carboxylic acids is 3. The molecule has 4 heterocycles. The Morgan fingerprint density at radius 2 is 1.46 bits per heavy atom. The zero-order valence-corrected chi connectivity index (χ0v) is 33.0. The SMILES string of the molecule is COC(=O)N[C@H](C(=O)N1CC2(CC2)C[C@H]1c1ncc(-c2ccc(C#Cc3ccc4nc([C@@H]5CC6(CC6)CN5C(=O)[C@@H](C)C5CCCC5)[nH]c4c3)cc2)[nH]1)C(C)C. The average molecular weight is 756 g/mol. The molecule has 9 rings (SSSR count). The van der Waals surface area contributed by atoms with Crippen LogP contribution in [-0.2, 0) is 14.3 Å². The number of H-pyrrole nitrogens is 2. The molecule has 3 saturated carbocycles. The van der Waals surface area contributed by atoms with Gasteiger partial charge in [-0.3, -0.25) is 9.59 Å². The lowest BCUT2D eigenvalue weighted by Gasteiger charge is -2.30. The minimum absolute atomic E-state index is 0.00208. The molecule has 11 nitrogen and oxygen atoms in total. The van der Waals surface area contributed by atoms with Gasteiger partial charge in [0.2, 0.25) is 11.8 Å². The Morgan fingerprint density at radius 3 is 2.11 bits per heavy atom. The maximum atomic E-state index is 13.8. The van der Waals surface area contributed by atoms with Crippen molar-refractivity contribution in [2.45, 2.75) is 103 Å². The number of aromatic amines is 2. The second kappa shape index (κ2) is 14.1. The fourth-order valence-corrected chi connectivity index (χ4v) is 9.74. The topological polar surface area (TPSA) is 136 Å². The minimum Gasteiger partial charge on any atom is -0.453 e. The highest BCUT2D eigenvalue weighted by atomic mass is 16.5. The number of amides is 3. The van der Waals surface area contributed by atoms with Crippen molar-refractivity contribution >= 4 is 28.9 Å². The van der Waals surface area contributed by atoms with Crippen molar-refractivity contribution in [3.63, 3.8) is 0 Å². The number of methoxy groups -OCH3 is 1. The molecular formula is C45H53N7O4. The number of imidazole rings is 2. The fourth-order valence-electron chi connectivity index (χ4n) is 9.74. The number of alkyl carbamates (subject to hydrolysis) is 1. The second-order valence-corrected chi connectivity index (χ2v) is 17.9. The minimum atomic E-state index is -0.676. The third kappa shape index (κ3) is 6.96. The van der Waals surface area contributed by atoms with Gasteiger partial charge in [0.1, 0.15) is 17.7 Å². The molecule has 0 bridgehead atoms. The van der Waals surface area contributed by atoms with E-state index >= 15 is 0 Å². The number of hydrogen-bond donors (Lipinski definition) is 3. The van der Waals surface area contributed by atoms with Gasteiger partial charge in [-0.25, -0.2) is 14.8 Å². The predicted molar refractivity (Wildman–Crippen MR) is 213 cm³/mol. The highest BCUT2D eigenvalue weighted by Crippen LogP contribution is 2.59. The lowest BCUT2D eigenvalue weighted by Crippen LogP contribution is -2.51. The number of benzene rings is 2. The third-order valence-corrected chi connectivity index (χ3v) is 13.7. The van der Waals surface area contributed by atoms with E-state index in [0.29, 0.717) is 18.4 Å². The van der Waals surface area contributed by atoms with Crippen LogP contribution in [0.1, 0.15) is 120 Å². The second-order valence-electron chi connectivity index (χ2n) is 17.9. The molecule has 4 atom stereocenters. The molecule has 4 aromatic rings. The summed E-state index contributed by atoms with van der Waals surface area (Å²) in [7, 11) is 1.31. The van der Waals surface area contributed by atoms with Crippen LogP contribution in [0.25, 0.3) is 22.3 Å². The van der Waals surface area contributed by atoms with Gasteiger partial charge in [0.05, 0.1) is 42.1 Å². The molecule has 3 N–H and O–H groups in total. The van der Waals surface area contributed by atoms with Gasteiger partial charge in [-0.05, 0) is 110 Å². The van der Waals surface area contributed by atoms with Gasteiger partial charge in [0, 0.05) is 30.1 Å². The number of nitrogens with one attached hydrogen (secondary N) is 3. The van der Waals surface area contributed by atoms with E-state index in [4.69, 9.17) is 14.7 Å². The van der Waals surface area contributed by atoms with Crippen LogP contribution in [0.2, 0.25) is 0 Å². The first-order valence-corrected chi connectivity index (χ1v) is 20.7. The Morgan fingerprint density at radius 1 is 0.839 bits per heavy atom. The normalized spacial score (nSPS) is 23.1. The lowest BCUT2D eigenvalue weighted by molar-refractivity contribution is -0.138. The van der Waals surface area contributed by atoms with E-state index in [9.17, 15) is 14.4 Å². The van der Waals surface area contributed by atoms with E-state index < -0.39 is 12.1 Å². The maximum absolute atomic E-state index is 13.8. The predicted octanol–water partition coefficient (Wildman–Crippen LogP) is 7.67. The van der Waals surface area contributed by atoms with Crippen molar-refractivity contribution in [2.24, 2.45) is 28.6 Å². The number of carbonyl (C=O) groups is 3. The summed E-state index contributed by atoms with van der Waals surface area (Å²) in [6.07, 6.45) is 12.5. The Kier molecular flexibility index (Phi) is 9.21. The molecule has 2 spiro atoms. The van der Waals surface area contributed by atoms with E-state index in [1.807, 2.05) is 61.3 Å². The van der Waals surface area contributed by atoms with Crippen LogP contribution in [0.5, 0.6) is 0 Å². The molecule has 2 saturated heterocycles. The molecule has 3 amide bonds. The Balaban J connectivity index is 0.883. The first-order chi connectivity index (χ1) is 27.0. The number of fused-ring (bicyclic) bond motifs is 1. The van der Waals surface area contributed by atoms with Crippen molar-refractivity contribution in [3.05, 3.63) is 71.4 Å². The lowest BCUT2D eigenvalue weighted by atomic mass is 9.91. The Labute approximate surface area is 328 Å². The van der Waals surface area contributed by atoms with Crippen LogP contribution < -0.4 is 5.32 Å². The van der Waals surface area contributed by atoms with E-state index in [0.717, 1.165) is 77.3 Å². The maximum Gasteiger partial charge on any atom is 0.407 e. The highest BCUT2D eigenvalue weighted by molar-refractivity contribution is 5.86. The van der Waals surface area contributed by atoms with Crippen molar-refractivity contribution in [2.75, 3.05) is 20.2 Å². The average Bonchev–Trinajstić information content (AvgIpc) is 3.67. The summed E-state index contributed by atoms with van der Waals surface area (Å²) in [4.78, 5) is 60.7. The summed E-state index contributed by atoms with van der Waals surface area (Å²) < 4.78 is 4.81. The van der Waals surface area contributed by atoms with Crippen LogP contribution in [0.4, 0.5) is 4.79 Å². The molecule has 0 unspecified atom stereocenters. The van der Waals surface area contributed by atoms with Crippen LogP contribution >= 0.6 is 0 Å². The molecule has 56 heavy (non-hydrogen) atoms. The number of hydrogen-bond acceptors (Lipinski definition) is 6. The molecule has 0 radical (unpaired) electrons. The summed E-state index contributed by atoms with van der Waals surface area (Å²) in [6.45, 7) is 7.53. The summed E-state index contributed by atoms with van der Waals surface area (Å²) in [5.74, 6) is 9.01. The standard InChI is InChI=1S/C45H53N7O4/c1-27(2)38(50-43(55)56-4)42(54)52-26-44(17-18-44)22-36(52)39-46-24-35(49-39)32-14-11-29(12-15-32)9-10-30-13-16-33-34(21-30)48-40(47-33)37-23-45(19-20-45)25-51(37)41(53)28(3)31-7-5-6-8-31/h11-16,21,24,27-28,31,36-38H,5-8,17-20,22-23,25-26H2,1-4H3,(H,46,49)(H,47,48)(H,50,55)/t28-,36-,37-,38-/m0/s1.